The molecule has 1 aromatic rings. The smallest absolute Gasteiger partial charge is 0.410 e. The average molecular weight is 345 g/mol. The van der Waals surface area contributed by atoms with Crippen LogP contribution >= 0.6 is 0 Å². The first-order valence-corrected chi connectivity index (χ1v) is 9.51. The van der Waals surface area contributed by atoms with Gasteiger partial charge in [-0.3, -0.25) is 0 Å². The molecule has 0 bridgehead atoms. The quantitative estimate of drug-likeness (QED) is 0.789. The number of carbonyl (C=O) groups is 1. The van der Waals surface area contributed by atoms with Gasteiger partial charge in [0, 0.05) is 12.0 Å². The zero-order valence-corrected chi connectivity index (χ0v) is 15.8. The lowest BCUT2D eigenvalue weighted by molar-refractivity contribution is -0.125. The summed E-state index contributed by atoms with van der Waals surface area (Å²) in [7, 11) is 0. The summed E-state index contributed by atoms with van der Waals surface area (Å²) in [4.78, 5) is 14.4. The summed E-state index contributed by atoms with van der Waals surface area (Å²) in [5, 5.41) is 0. The molecule has 0 aromatic heterocycles. The number of carbonyl (C=O) groups excluding carboxylic acids is 1. The highest BCUT2D eigenvalue weighted by atomic mass is 16.6. The summed E-state index contributed by atoms with van der Waals surface area (Å²) in [6, 6.07) is 10.4. The Bertz CT molecular complexity index is 573. The Morgan fingerprint density at radius 2 is 1.84 bits per heavy atom. The second kappa shape index (κ2) is 7.36. The van der Waals surface area contributed by atoms with Crippen LogP contribution in [0.1, 0.15) is 58.4 Å². The van der Waals surface area contributed by atoms with Gasteiger partial charge in [0.1, 0.15) is 5.60 Å². The first-order chi connectivity index (χ1) is 11.9. The third kappa shape index (κ3) is 4.35. The molecule has 1 aromatic carbocycles. The molecular weight excluding hydrogens is 314 g/mol. The van der Waals surface area contributed by atoms with Gasteiger partial charge in [-0.15, -0.1) is 0 Å². The van der Waals surface area contributed by atoms with Crippen molar-refractivity contribution < 1.29 is 14.3 Å². The average Bonchev–Trinajstić information content (AvgIpc) is 2.57. The number of benzene rings is 1. The van der Waals surface area contributed by atoms with Crippen LogP contribution in [0.25, 0.3) is 0 Å². The zero-order chi connectivity index (χ0) is 17.9. The van der Waals surface area contributed by atoms with Gasteiger partial charge >= 0.3 is 6.09 Å². The van der Waals surface area contributed by atoms with Crippen molar-refractivity contribution in [2.45, 2.75) is 71.1 Å². The van der Waals surface area contributed by atoms with Gasteiger partial charge in [0.2, 0.25) is 0 Å². The van der Waals surface area contributed by atoms with Crippen molar-refractivity contribution in [1.82, 2.24) is 4.90 Å². The molecule has 1 amide bonds. The fourth-order valence-corrected chi connectivity index (χ4v) is 4.16. The number of hydrogen-bond donors (Lipinski definition) is 0. The van der Waals surface area contributed by atoms with Crippen molar-refractivity contribution in [1.29, 1.82) is 0 Å². The van der Waals surface area contributed by atoms with E-state index in [1.807, 2.05) is 43.9 Å². The van der Waals surface area contributed by atoms with Crippen LogP contribution in [0.3, 0.4) is 0 Å². The minimum Gasteiger partial charge on any atom is -0.444 e. The maximum absolute atomic E-state index is 12.6. The Morgan fingerprint density at radius 3 is 2.48 bits per heavy atom. The molecule has 1 spiro atoms. The third-order valence-electron chi connectivity index (χ3n) is 5.43. The summed E-state index contributed by atoms with van der Waals surface area (Å²) in [5.41, 5.74) is 0.955. The topological polar surface area (TPSA) is 38.8 Å². The van der Waals surface area contributed by atoms with Crippen molar-refractivity contribution in [2.75, 3.05) is 13.2 Å². The molecule has 3 rings (SSSR count). The van der Waals surface area contributed by atoms with E-state index in [0.717, 1.165) is 6.54 Å². The molecule has 138 valence electrons. The highest BCUT2D eigenvalue weighted by Gasteiger charge is 2.55. The van der Waals surface area contributed by atoms with E-state index in [1.165, 1.54) is 37.7 Å². The van der Waals surface area contributed by atoms with Gasteiger partial charge in [-0.05, 0) is 39.2 Å². The molecule has 1 heterocycles. The first kappa shape index (κ1) is 18.2. The maximum Gasteiger partial charge on any atom is 0.410 e. The second-order valence-electron chi connectivity index (χ2n) is 8.55. The lowest BCUT2D eigenvalue weighted by Crippen LogP contribution is -2.68. The SMILES string of the molecule is CC(C)(C)OC(=O)N1CC2(CCCCC2)C1COCc1ccccc1. The molecule has 0 radical (unpaired) electrons. The Balaban J connectivity index is 1.62. The molecule has 1 aliphatic heterocycles. The largest absolute Gasteiger partial charge is 0.444 e. The highest BCUT2D eigenvalue weighted by molar-refractivity contribution is 5.70. The molecule has 1 unspecified atom stereocenters. The number of rotatable bonds is 4. The maximum atomic E-state index is 12.6. The van der Waals surface area contributed by atoms with Gasteiger partial charge in [0.25, 0.3) is 0 Å². The van der Waals surface area contributed by atoms with Crippen LogP contribution in [0.4, 0.5) is 4.79 Å². The lowest BCUT2D eigenvalue weighted by atomic mass is 9.63. The van der Waals surface area contributed by atoms with Crippen molar-refractivity contribution >= 4 is 6.09 Å². The molecule has 1 saturated heterocycles. The monoisotopic (exact) mass is 345 g/mol. The summed E-state index contributed by atoms with van der Waals surface area (Å²) < 4.78 is 11.6. The fourth-order valence-electron chi connectivity index (χ4n) is 4.16. The highest BCUT2D eigenvalue weighted by Crippen LogP contribution is 2.49. The minimum atomic E-state index is -0.457. The number of hydrogen-bond acceptors (Lipinski definition) is 3. The van der Waals surface area contributed by atoms with E-state index in [2.05, 4.69) is 12.1 Å². The van der Waals surface area contributed by atoms with Crippen LogP contribution in [0.2, 0.25) is 0 Å². The molecule has 4 nitrogen and oxygen atoms in total. The standard InChI is InChI=1S/C21H31NO3/c1-20(2,3)25-19(23)22-16-21(12-8-5-9-13-21)18(22)15-24-14-17-10-6-4-7-11-17/h4,6-7,10-11,18H,5,8-9,12-16H2,1-3H3. The Hall–Kier alpha value is -1.55. The van der Waals surface area contributed by atoms with E-state index >= 15 is 0 Å². The van der Waals surface area contributed by atoms with Gasteiger partial charge in [-0.2, -0.15) is 0 Å². The molecule has 4 heteroatoms. The summed E-state index contributed by atoms with van der Waals surface area (Å²) in [5.74, 6) is 0. The molecule has 1 saturated carbocycles. The van der Waals surface area contributed by atoms with Crippen LogP contribution in [-0.4, -0.2) is 35.8 Å². The van der Waals surface area contributed by atoms with Gasteiger partial charge in [0.15, 0.2) is 0 Å². The van der Waals surface area contributed by atoms with Crippen LogP contribution in [0, 0.1) is 5.41 Å². The number of amides is 1. The Morgan fingerprint density at radius 1 is 1.16 bits per heavy atom. The van der Waals surface area contributed by atoms with Gasteiger partial charge in [-0.1, -0.05) is 49.6 Å². The molecule has 2 aliphatic rings. The predicted octanol–water partition coefficient (Wildman–Crippen LogP) is 4.77. The summed E-state index contributed by atoms with van der Waals surface area (Å²) >= 11 is 0. The predicted molar refractivity (Wildman–Crippen MR) is 98.3 cm³/mol. The van der Waals surface area contributed by atoms with Crippen LogP contribution in [0.5, 0.6) is 0 Å². The van der Waals surface area contributed by atoms with E-state index < -0.39 is 5.60 Å². The van der Waals surface area contributed by atoms with Crippen molar-refractivity contribution in [3.63, 3.8) is 0 Å². The zero-order valence-electron chi connectivity index (χ0n) is 15.8. The third-order valence-corrected chi connectivity index (χ3v) is 5.43. The minimum absolute atomic E-state index is 0.145. The van der Waals surface area contributed by atoms with E-state index in [0.29, 0.717) is 13.2 Å². The number of ether oxygens (including phenoxy) is 2. The Labute approximate surface area is 151 Å². The van der Waals surface area contributed by atoms with Crippen LogP contribution in [0.15, 0.2) is 30.3 Å². The van der Waals surface area contributed by atoms with Gasteiger partial charge in [-0.25, -0.2) is 4.79 Å². The molecule has 0 N–H and O–H groups in total. The first-order valence-electron chi connectivity index (χ1n) is 9.51. The molecule has 1 aliphatic carbocycles. The number of nitrogens with zero attached hydrogens (tertiary/aromatic N) is 1. The fraction of sp³-hybridized carbons (Fsp3) is 0.667. The molecular formula is C21H31NO3. The van der Waals surface area contributed by atoms with Crippen LogP contribution < -0.4 is 0 Å². The molecule has 2 fully saturated rings. The van der Waals surface area contributed by atoms with Crippen molar-refractivity contribution in [3.05, 3.63) is 35.9 Å². The second-order valence-corrected chi connectivity index (χ2v) is 8.55. The lowest BCUT2D eigenvalue weighted by Gasteiger charge is -2.58. The molecule has 25 heavy (non-hydrogen) atoms. The van der Waals surface area contributed by atoms with Crippen molar-refractivity contribution in [2.24, 2.45) is 5.41 Å². The van der Waals surface area contributed by atoms with E-state index in [9.17, 15) is 4.79 Å². The van der Waals surface area contributed by atoms with E-state index in [1.54, 1.807) is 0 Å². The molecule has 1 atom stereocenters. The summed E-state index contributed by atoms with van der Waals surface area (Å²) in [6.45, 7) is 7.76. The van der Waals surface area contributed by atoms with E-state index in [4.69, 9.17) is 9.47 Å². The van der Waals surface area contributed by atoms with Crippen molar-refractivity contribution in [3.8, 4) is 0 Å². The normalized spacial score (nSPS) is 22.5. The van der Waals surface area contributed by atoms with Gasteiger partial charge in [0.05, 0.1) is 19.3 Å². The number of likely N-dealkylation sites (tertiary alicyclic amines) is 1. The van der Waals surface area contributed by atoms with Gasteiger partial charge < -0.3 is 14.4 Å². The van der Waals surface area contributed by atoms with Crippen LogP contribution in [-0.2, 0) is 16.1 Å². The Kier molecular flexibility index (Phi) is 5.38. The summed E-state index contributed by atoms with van der Waals surface area (Å²) in [6.07, 6.45) is 6.04. The van der Waals surface area contributed by atoms with E-state index in [-0.39, 0.29) is 17.6 Å².